The summed E-state index contributed by atoms with van der Waals surface area (Å²) in [5.41, 5.74) is -0.127. The Bertz CT molecular complexity index is 1850. The van der Waals surface area contributed by atoms with Crippen molar-refractivity contribution in [1.82, 2.24) is 20.2 Å². The van der Waals surface area contributed by atoms with E-state index in [0.29, 0.717) is 67.2 Å². The predicted molar refractivity (Wildman–Crippen MR) is 187 cm³/mol. The predicted octanol–water partition coefficient (Wildman–Crippen LogP) is 4.99. The molecular formula is C38H43F2N5O6. The van der Waals surface area contributed by atoms with Crippen molar-refractivity contribution >= 4 is 22.5 Å². The second-order valence-electron chi connectivity index (χ2n) is 14.0. The van der Waals surface area contributed by atoms with Crippen molar-refractivity contribution in [3.63, 3.8) is 0 Å². The van der Waals surface area contributed by atoms with Crippen molar-refractivity contribution in [2.45, 2.75) is 75.3 Å². The molecule has 3 aromatic rings. The SMILES string of the molecule is C#Cc1c(F)ccc2cc(O)cc(C3COc4c(nc(OC[C@]5(C)C[C@@H](F)CN5C5CCOCC5)nc4N4CCCCC(NC(=O)C=C)C4)O3)c12. The van der Waals surface area contributed by atoms with Crippen LogP contribution < -0.4 is 24.4 Å². The van der Waals surface area contributed by atoms with Gasteiger partial charge in [-0.15, -0.1) is 6.42 Å². The minimum atomic E-state index is -0.992. The standard InChI is InChI=1S/C38H43F2N5O6/c1-4-28-30(40)10-9-23-16-27(46)17-29(33(23)28)31-21-49-34-35(44-13-7-6-8-25(20-44)41-32(47)5-2)42-37(43-36(34)51-31)50-22-38(3)18-24(39)19-45(38)26-11-14-48-15-12-26/h1,5,9-10,16-17,24-26,31,46H,2,6-8,11-15,18-22H2,3H3,(H,41,47)/t24-,25?,31?,38+/m1/s1. The van der Waals surface area contributed by atoms with E-state index < -0.39 is 23.6 Å². The molecule has 3 fully saturated rings. The number of halogens is 2. The number of hydrogen-bond donors (Lipinski definition) is 2. The fourth-order valence-corrected chi connectivity index (χ4v) is 7.97. The van der Waals surface area contributed by atoms with Crippen LogP contribution in [0.4, 0.5) is 14.6 Å². The number of carbonyl (C=O) groups excluding carboxylic acids is 1. The summed E-state index contributed by atoms with van der Waals surface area (Å²) >= 11 is 0. The number of carbonyl (C=O) groups is 1. The number of terminal acetylenes is 1. The van der Waals surface area contributed by atoms with Gasteiger partial charge in [0.25, 0.3) is 5.88 Å². The van der Waals surface area contributed by atoms with Crippen LogP contribution in [0.25, 0.3) is 10.8 Å². The Hall–Kier alpha value is -4.67. The lowest BCUT2D eigenvalue weighted by Gasteiger charge is -2.41. The molecule has 0 spiro atoms. The van der Waals surface area contributed by atoms with E-state index in [1.807, 2.05) is 11.8 Å². The molecule has 4 atom stereocenters. The van der Waals surface area contributed by atoms with Gasteiger partial charge in [-0.05, 0) is 68.7 Å². The second kappa shape index (κ2) is 14.5. The van der Waals surface area contributed by atoms with Crippen LogP contribution in [0.1, 0.15) is 62.7 Å². The van der Waals surface area contributed by atoms with Gasteiger partial charge >= 0.3 is 6.01 Å². The normalized spacial score (nSPS) is 25.6. The van der Waals surface area contributed by atoms with Crippen LogP contribution in [0.2, 0.25) is 0 Å². The van der Waals surface area contributed by atoms with Crippen molar-refractivity contribution in [3.8, 4) is 35.7 Å². The van der Waals surface area contributed by atoms with Gasteiger partial charge in [0.1, 0.15) is 31.0 Å². The monoisotopic (exact) mass is 703 g/mol. The molecule has 4 aliphatic heterocycles. The Balaban J connectivity index is 1.24. The number of alkyl halides is 1. The van der Waals surface area contributed by atoms with Crippen molar-refractivity contribution in [2.75, 3.05) is 51.0 Å². The van der Waals surface area contributed by atoms with Gasteiger partial charge in [0, 0.05) is 62.3 Å². The molecular weight excluding hydrogens is 660 g/mol. The number of hydrogen-bond acceptors (Lipinski definition) is 10. The number of aromatic nitrogens is 2. The fraction of sp³-hybridized carbons (Fsp3) is 0.500. The summed E-state index contributed by atoms with van der Waals surface area (Å²) in [5, 5.41) is 14.6. The highest BCUT2D eigenvalue weighted by molar-refractivity contribution is 5.93. The number of nitrogens with zero attached hydrogens (tertiary/aromatic N) is 4. The summed E-state index contributed by atoms with van der Waals surface area (Å²) in [4.78, 5) is 26.0. The van der Waals surface area contributed by atoms with E-state index in [4.69, 9.17) is 30.4 Å². The van der Waals surface area contributed by atoms with Crippen LogP contribution in [-0.4, -0.2) is 95.7 Å². The number of aromatic hydroxyl groups is 1. The summed E-state index contributed by atoms with van der Waals surface area (Å²) in [6.45, 7) is 8.38. The maximum Gasteiger partial charge on any atom is 0.322 e. The van der Waals surface area contributed by atoms with Crippen LogP contribution in [0.15, 0.2) is 36.9 Å². The zero-order chi connectivity index (χ0) is 35.7. The van der Waals surface area contributed by atoms with Gasteiger partial charge in [-0.2, -0.15) is 9.97 Å². The number of nitrogens with one attached hydrogen (secondary N) is 1. The Kier molecular flexibility index (Phi) is 9.90. The van der Waals surface area contributed by atoms with Crippen LogP contribution in [0, 0.1) is 18.2 Å². The largest absolute Gasteiger partial charge is 0.508 e. The minimum Gasteiger partial charge on any atom is -0.508 e. The third kappa shape index (κ3) is 7.12. The van der Waals surface area contributed by atoms with E-state index in [0.717, 1.165) is 32.1 Å². The highest BCUT2D eigenvalue weighted by atomic mass is 19.1. The molecule has 3 saturated heterocycles. The Labute approximate surface area is 295 Å². The zero-order valence-electron chi connectivity index (χ0n) is 28.7. The summed E-state index contributed by atoms with van der Waals surface area (Å²) in [6, 6.07) is 5.85. The molecule has 2 N–H and O–H groups in total. The van der Waals surface area contributed by atoms with E-state index in [1.165, 1.54) is 24.3 Å². The molecule has 1 amide bonds. The molecule has 1 aromatic heterocycles. The lowest BCUT2D eigenvalue weighted by molar-refractivity contribution is -0.117. The van der Waals surface area contributed by atoms with Gasteiger partial charge in [0.15, 0.2) is 11.9 Å². The van der Waals surface area contributed by atoms with Gasteiger partial charge in [-0.1, -0.05) is 18.6 Å². The number of likely N-dealkylation sites (tertiary alicyclic amines) is 1. The maximum absolute atomic E-state index is 15.0. The summed E-state index contributed by atoms with van der Waals surface area (Å²) in [6.07, 6.45) is 9.62. The quantitative estimate of drug-likeness (QED) is 0.246. The van der Waals surface area contributed by atoms with Crippen molar-refractivity contribution in [2.24, 2.45) is 0 Å². The number of rotatable bonds is 8. The minimum absolute atomic E-state index is 0.0108. The first-order valence-electron chi connectivity index (χ1n) is 17.6. The molecule has 5 heterocycles. The first-order valence-corrected chi connectivity index (χ1v) is 17.6. The molecule has 0 saturated carbocycles. The molecule has 0 radical (unpaired) electrons. The molecule has 11 nitrogen and oxygen atoms in total. The Morgan fingerprint density at radius 1 is 1.24 bits per heavy atom. The maximum atomic E-state index is 15.0. The van der Waals surface area contributed by atoms with E-state index in [-0.39, 0.29) is 54.4 Å². The van der Waals surface area contributed by atoms with Crippen LogP contribution >= 0.6 is 0 Å². The zero-order valence-corrected chi connectivity index (χ0v) is 28.7. The van der Waals surface area contributed by atoms with Crippen molar-refractivity contribution in [1.29, 1.82) is 0 Å². The first-order chi connectivity index (χ1) is 24.7. The molecule has 0 aliphatic carbocycles. The number of phenolic OH excluding ortho intramolecular Hbond substituents is 1. The number of fused-ring (bicyclic) bond motifs is 2. The molecule has 0 bridgehead atoms. The van der Waals surface area contributed by atoms with Gasteiger partial charge in [0.2, 0.25) is 11.7 Å². The Morgan fingerprint density at radius 3 is 2.84 bits per heavy atom. The van der Waals surface area contributed by atoms with Crippen molar-refractivity contribution < 1.29 is 37.6 Å². The molecule has 2 unspecified atom stereocenters. The van der Waals surface area contributed by atoms with E-state index in [9.17, 15) is 14.3 Å². The topological polar surface area (TPSA) is 119 Å². The average Bonchev–Trinajstić information content (AvgIpc) is 3.27. The number of phenols is 1. The van der Waals surface area contributed by atoms with Crippen LogP contribution in [0.5, 0.6) is 23.4 Å². The highest BCUT2D eigenvalue weighted by Gasteiger charge is 2.46. The molecule has 270 valence electrons. The molecule has 4 aliphatic rings. The lowest BCUT2D eigenvalue weighted by Crippen LogP contribution is -2.52. The third-order valence-electron chi connectivity index (χ3n) is 10.4. The van der Waals surface area contributed by atoms with Gasteiger partial charge < -0.3 is 34.3 Å². The van der Waals surface area contributed by atoms with E-state index in [1.54, 1.807) is 6.07 Å². The summed E-state index contributed by atoms with van der Waals surface area (Å²) in [7, 11) is 0. The van der Waals surface area contributed by atoms with Gasteiger partial charge in [0.05, 0.1) is 11.1 Å². The van der Waals surface area contributed by atoms with Crippen molar-refractivity contribution in [3.05, 3.63) is 53.9 Å². The molecule has 51 heavy (non-hydrogen) atoms. The average molecular weight is 704 g/mol. The first kappa shape index (κ1) is 34.8. The van der Waals surface area contributed by atoms with E-state index in [2.05, 4.69) is 27.7 Å². The van der Waals surface area contributed by atoms with E-state index >= 15 is 4.39 Å². The smallest absolute Gasteiger partial charge is 0.322 e. The van der Waals surface area contributed by atoms with Crippen LogP contribution in [0.3, 0.4) is 0 Å². The van der Waals surface area contributed by atoms with Crippen LogP contribution in [-0.2, 0) is 9.53 Å². The Morgan fingerprint density at radius 2 is 2.06 bits per heavy atom. The van der Waals surface area contributed by atoms with Gasteiger partial charge in [-0.25, -0.2) is 8.78 Å². The molecule has 2 aromatic carbocycles. The lowest BCUT2D eigenvalue weighted by atomic mass is 9.95. The number of ether oxygens (including phenoxy) is 4. The van der Waals surface area contributed by atoms with Gasteiger partial charge in [-0.3, -0.25) is 9.69 Å². The number of benzene rings is 2. The number of amides is 1. The molecule has 7 rings (SSSR count). The third-order valence-corrected chi connectivity index (χ3v) is 10.4. The molecule has 13 heteroatoms. The fourth-order valence-electron chi connectivity index (χ4n) is 7.97. The highest BCUT2D eigenvalue weighted by Crippen LogP contribution is 2.45. The summed E-state index contributed by atoms with van der Waals surface area (Å²) < 4.78 is 54.7. The number of anilines is 1. The summed E-state index contributed by atoms with van der Waals surface area (Å²) in [5.74, 6) is 2.39. The second-order valence-corrected chi connectivity index (χ2v) is 14.0.